The van der Waals surface area contributed by atoms with Gasteiger partial charge in [-0.25, -0.2) is 4.79 Å². The van der Waals surface area contributed by atoms with Gasteiger partial charge in [0.25, 0.3) is 0 Å². The quantitative estimate of drug-likeness (QED) is 0.828. The number of carbonyl (C=O) groups excluding carboxylic acids is 2. The van der Waals surface area contributed by atoms with Crippen LogP contribution in [0.15, 0.2) is 54.6 Å². The molecule has 0 spiro atoms. The van der Waals surface area contributed by atoms with Crippen LogP contribution in [0.25, 0.3) is 0 Å². The molecule has 1 aliphatic rings. The van der Waals surface area contributed by atoms with Crippen LogP contribution in [-0.2, 0) is 4.79 Å². The zero-order valence-electron chi connectivity index (χ0n) is 16.2. The van der Waals surface area contributed by atoms with Crippen molar-refractivity contribution in [2.24, 2.45) is 0 Å². The summed E-state index contributed by atoms with van der Waals surface area (Å²) in [5, 5.41) is 4.86. The SMILES string of the molecule is CNC(=O)NC(=O)[C@@H](c1ccccc1)N1CCN(c2cccc(OC)c2)CC1. The van der Waals surface area contributed by atoms with Crippen LogP contribution in [-0.4, -0.2) is 57.2 Å². The van der Waals surface area contributed by atoms with Gasteiger partial charge in [-0.1, -0.05) is 36.4 Å². The van der Waals surface area contributed by atoms with E-state index < -0.39 is 12.1 Å². The Morgan fingerprint density at radius 3 is 2.36 bits per heavy atom. The summed E-state index contributed by atoms with van der Waals surface area (Å²) in [7, 11) is 3.15. The van der Waals surface area contributed by atoms with E-state index in [0.717, 1.165) is 30.1 Å². The van der Waals surface area contributed by atoms with Crippen LogP contribution in [0.3, 0.4) is 0 Å². The number of nitrogens with zero attached hydrogens (tertiary/aromatic N) is 2. The highest BCUT2D eigenvalue weighted by molar-refractivity contribution is 5.97. The Bertz CT molecular complexity index is 804. The van der Waals surface area contributed by atoms with Gasteiger partial charge in [0, 0.05) is 45.0 Å². The van der Waals surface area contributed by atoms with E-state index in [1.54, 1.807) is 7.11 Å². The molecule has 0 bridgehead atoms. The largest absolute Gasteiger partial charge is 0.497 e. The van der Waals surface area contributed by atoms with Crippen molar-refractivity contribution in [3.63, 3.8) is 0 Å². The molecule has 28 heavy (non-hydrogen) atoms. The van der Waals surface area contributed by atoms with Crippen LogP contribution in [0.5, 0.6) is 5.75 Å². The Balaban J connectivity index is 1.73. The highest BCUT2D eigenvalue weighted by Crippen LogP contribution is 2.26. The molecule has 7 nitrogen and oxygen atoms in total. The van der Waals surface area contributed by atoms with Crippen LogP contribution < -0.4 is 20.3 Å². The van der Waals surface area contributed by atoms with Crippen LogP contribution in [0.2, 0.25) is 0 Å². The second-order valence-electron chi connectivity index (χ2n) is 6.61. The highest BCUT2D eigenvalue weighted by Gasteiger charge is 2.31. The van der Waals surface area contributed by atoms with Gasteiger partial charge >= 0.3 is 6.03 Å². The van der Waals surface area contributed by atoms with Crippen molar-refractivity contribution in [3.05, 3.63) is 60.2 Å². The lowest BCUT2D eigenvalue weighted by molar-refractivity contribution is -0.125. The van der Waals surface area contributed by atoms with Gasteiger partial charge in [-0.2, -0.15) is 0 Å². The molecule has 3 amide bonds. The normalized spacial score (nSPS) is 15.6. The van der Waals surface area contributed by atoms with E-state index in [9.17, 15) is 9.59 Å². The third kappa shape index (κ3) is 4.61. The summed E-state index contributed by atoms with van der Waals surface area (Å²) in [6.07, 6.45) is 0. The lowest BCUT2D eigenvalue weighted by Crippen LogP contribution is -2.52. The van der Waals surface area contributed by atoms with Gasteiger partial charge in [0.15, 0.2) is 0 Å². The average Bonchev–Trinajstić information content (AvgIpc) is 2.75. The summed E-state index contributed by atoms with van der Waals surface area (Å²) in [6.45, 7) is 2.98. The predicted octanol–water partition coefficient (Wildman–Crippen LogP) is 2.01. The molecule has 0 saturated carbocycles. The summed E-state index contributed by atoms with van der Waals surface area (Å²) < 4.78 is 5.31. The maximum Gasteiger partial charge on any atom is 0.321 e. The van der Waals surface area contributed by atoms with Gasteiger partial charge in [0.05, 0.1) is 7.11 Å². The number of carbonyl (C=O) groups is 2. The smallest absolute Gasteiger partial charge is 0.321 e. The molecule has 0 aliphatic carbocycles. The lowest BCUT2D eigenvalue weighted by Gasteiger charge is -2.39. The van der Waals surface area contributed by atoms with Crippen molar-refractivity contribution in [1.29, 1.82) is 0 Å². The number of urea groups is 1. The predicted molar refractivity (Wildman–Crippen MR) is 109 cm³/mol. The van der Waals surface area contributed by atoms with E-state index in [0.29, 0.717) is 13.1 Å². The number of ether oxygens (including phenoxy) is 1. The first-order valence-corrected chi connectivity index (χ1v) is 9.33. The maximum absolute atomic E-state index is 12.8. The van der Waals surface area contributed by atoms with Crippen LogP contribution in [0.4, 0.5) is 10.5 Å². The number of rotatable bonds is 5. The van der Waals surface area contributed by atoms with E-state index in [1.807, 2.05) is 48.5 Å². The van der Waals surface area contributed by atoms with E-state index in [-0.39, 0.29) is 5.91 Å². The minimum atomic E-state index is -0.508. The first kappa shape index (κ1) is 19.7. The fraction of sp³-hybridized carbons (Fsp3) is 0.333. The first-order chi connectivity index (χ1) is 13.6. The summed E-state index contributed by atoms with van der Waals surface area (Å²) in [4.78, 5) is 28.9. The second kappa shape index (κ2) is 9.23. The molecule has 1 aliphatic heterocycles. The van der Waals surface area contributed by atoms with Crippen molar-refractivity contribution < 1.29 is 14.3 Å². The number of benzene rings is 2. The third-order valence-electron chi connectivity index (χ3n) is 4.93. The van der Waals surface area contributed by atoms with Crippen molar-refractivity contribution in [2.75, 3.05) is 45.2 Å². The summed E-state index contributed by atoms with van der Waals surface area (Å²) in [5.41, 5.74) is 1.98. The first-order valence-electron chi connectivity index (χ1n) is 9.33. The summed E-state index contributed by atoms with van der Waals surface area (Å²) in [5.74, 6) is 0.507. The minimum absolute atomic E-state index is 0.319. The van der Waals surface area contributed by atoms with Gasteiger partial charge in [0.2, 0.25) is 5.91 Å². The molecular weight excluding hydrogens is 356 g/mol. The van der Waals surface area contributed by atoms with Crippen molar-refractivity contribution in [1.82, 2.24) is 15.5 Å². The van der Waals surface area contributed by atoms with Crippen molar-refractivity contribution >= 4 is 17.6 Å². The Labute approximate surface area is 165 Å². The standard InChI is InChI=1S/C21H26N4O3/c1-22-21(27)23-20(26)19(16-7-4-3-5-8-16)25-13-11-24(12-14-25)17-9-6-10-18(15-17)28-2/h3-10,15,19H,11-14H2,1-2H3,(H2,22,23,26,27)/t19-/m1/s1. The number of amides is 3. The Morgan fingerprint density at radius 1 is 1.00 bits per heavy atom. The molecule has 0 aromatic heterocycles. The molecular formula is C21H26N4O3. The zero-order chi connectivity index (χ0) is 19.9. The van der Waals surface area contributed by atoms with E-state index in [4.69, 9.17) is 4.74 Å². The number of hydrogen-bond acceptors (Lipinski definition) is 5. The molecule has 2 aromatic rings. The van der Waals surface area contributed by atoms with Gasteiger partial charge in [-0.05, 0) is 17.7 Å². The summed E-state index contributed by atoms with van der Waals surface area (Å²) in [6, 6.07) is 16.5. The number of piperazine rings is 1. The van der Waals surface area contributed by atoms with Crippen molar-refractivity contribution in [3.8, 4) is 5.75 Å². The van der Waals surface area contributed by atoms with Gasteiger partial charge < -0.3 is 15.0 Å². The van der Waals surface area contributed by atoms with Gasteiger partial charge in [0.1, 0.15) is 11.8 Å². The van der Waals surface area contributed by atoms with Crippen LogP contribution >= 0.6 is 0 Å². The Morgan fingerprint density at radius 2 is 1.71 bits per heavy atom. The number of imide groups is 1. The molecule has 1 fully saturated rings. The van der Waals surface area contributed by atoms with Gasteiger partial charge in [-0.3, -0.25) is 15.0 Å². The molecule has 1 heterocycles. The second-order valence-corrected chi connectivity index (χ2v) is 6.61. The molecule has 148 valence electrons. The monoisotopic (exact) mass is 382 g/mol. The molecule has 3 rings (SSSR count). The maximum atomic E-state index is 12.8. The molecule has 7 heteroatoms. The fourth-order valence-electron chi connectivity index (χ4n) is 3.45. The molecule has 2 aromatic carbocycles. The van der Waals surface area contributed by atoms with Crippen LogP contribution in [0.1, 0.15) is 11.6 Å². The number of methoxy groups -OCH3 is 1. The average molecular weight is 382 g/mol. The van der Waals surface area contributed by atoms with E-state index >= 15 is 0 Å². The van der Waals surface area contributed by atoms with Crippen molar-refractivity contribution in [2.45, 2.75) is 6.04 Å². The molecule has 1 atom stereocenters. The van der Waals surface area contributed by atoms with Crippen LogP contribution in [0, 0.1) is 0 Å². The number of hydrogen-bond donors (Lipinski definition) is 2. The molecule has 1 saturated heterocycles. The Kier molecular flexibility index (Phi) is 6.49. The zero-order valence-corrected chi connectivity index (χ0v) is 16.2. The third-order valence-corrected chi connectivity index (χ3v) is 4.93. The minimum Gasteiger partial charge on any atom is -0.497 e. The van der Waals surface area contributed by atoms with Gasteiger partial charge in [-0.15, -0.1) is 0 Å². The molecule has 0 radical (unpaired) electrons. The van der Waals surface area contributed by atoms with E-state index in [1.165, 1.54) is 7.05 Å². The fourth-order valence-corrected chi connectivity index (χ4v) is 3.45. The number of anilines is 1. The topological polar surface area (TPSA) is 73.9 Å². The number of nitrogens with one attached hydrogen (secondary N) is 2. The Hall–Kier alpha value is -3.06. The summed E-state index contributed by atoms with van der Waals surface area (Å²) >= 11 is 0. The highest BCUT2D eigenvalue weighted by atomic mass is 16.5. The lowest BCUT2D eigenvalue weighted by atomic mass is 10.0. The molecule has 2 N–H and O–H groups in total. The molecule has 0 unspecified atom stereocenters. The van der Waals surface area contributed by atoms with E-state index in [2.05, 4.69) is 26.5 Å².